The fourth-order valence-corrected chi connectivity index (χ4v) is 3.26. The topological polar surface area (TPSA) is 157 Å². The lowest BCUT2D eigenvalue weighted by Gasteiger charge is -2.26. The zero-order chi connectivity index (χ0) is 23.0. The normalized spacial score (nSPS) is 19.5. The van der Waals surface area contributed by atoms with Crippen molar-refractivity contribution in [2.75, 3.05) is 6.54 Å². The van der Waals surface area contributed by atoms with Crippen molar-refractivity contribution in [3.8, 4) is 0 Å². The van der Waals surface area contributed by atoms with Crippen LogP contribution in [0, 0.1) is 0 Å². The summed E-state index contributed by atoms with van der Waals surface area (Å²) in [7, 11) is 0. The number of rotatable bonds is 10. The van der Waals surface area contributed by atoms with Gasteiger partial charge in [-0.25, -0.2) is 0 Å². The second kappa shape index (κ2) is 11.4. The number of carboxylic acid groups (broad SMARTS) is 1. The summed E-state index contributed by atoms with van der Waals surface area (Å²) in [4.78, 5) is 49.0. The largest absolute Gasteiger partial charge is 0.480 e. The third kappa shape index (κ3) is 7.34. The number of carbonyl (C=O) groups is 4. The third-order valence-corrected chi connectivity index (χ3v) is 5.08. The van der Waals surface area contributed by atoms with Crippen molar-refractivity contribution in [1.82, 2.24) is 21.3 Å². The van der Waals surface area contributed by atoms with E-state index in [1.807, 2.05) is 30.3 Å². The molecule has 0 saturated carbocycles. The van der Waals surface area contributed by atoms with Gasteiger partial charge in [-0.1, -0.05) is 30.3 Å². The first-order chi connectivity index (χ1) is 14.7. The van der Waals surface area contributed by atoms with E-state index in [9.17, 15) is 24.3 Å². The summed E-state index contributed by atoms with van der Waals surface area (Å²) in [6.45, 7) is 3.30. The molecule has 1 heterocycles. The van der Waals surface area contributed by atoms with E-state index < -0.39 is 48.1 Å². The summed E-state index contributed by atoms with van der Waals surface area (Å²) in [5.41, 5.74) is 0.805. The van der Waals surface area contributed by atoms with Crippen LogP contribution in [0.15, 0.2) is 30.3 Å². The summed E-state index contributed by atoms with van der Waals surface area (Å²) < 4.78 is 0. The number of carboxylic acids is 1. The molecule has 0 spiro atoms. The lowest BCUT2D eigenvalue weighted by molar-refractivity contribution is -0.142. The van der Waals surface area contributed by atoms with Gasteiger partial charge in [0.15, 0.2) is 0 Å². The van der Waals surface area contributed by atoms with Crippen molar-refractivity contribution in [3.63, 3.8) is 0 Å². The Morgan fingerprint density at radius 3 is 2.29 bits per heavy atom. The van der Waals surface area contributed by atoms with Crippen molar-refractivity contribution in [2.24, 2.45) is 0 Å². The number of hydrogen-bond acceptors (Lipinski definition) is 6. The Bertz CT molecular complexity index is 779. The van der Waals surface area contributed by atoms with Crippen LogP contribution in [0.25, 0.3) is 0 Å². The van der Waals surface area contributed by atoms with Gasteiger partial charge in [0.05, 0.1) is 12.1 Å². The Morgan fingerprint density at radius 1 is 1.06 bits per heavy atom. The van der Waals surface area contributed by atoms with Gasteiger partial charge in [-0.05, 0) is 38.8 Å². The Labute approximate surface area is 180 Å². The van der Waals surface area contributed by atoms with Crippen molar-refractivity contribution in [3.05, 3.63) is 35.9 Å². The van der Waals surface area contributed by atoms with Crippen LogP contribution in [-0.2, 0) is 25.6 Å². The molecule has 3 amide bonds. The average molecular weight is 434 g/mol. The Balaban J connectivity index is 2.13. The summed E-state index contributed by atoms with van der Waals surface area (Å²) in [5, 5.41) is 29.4. The monoisotopic (exact) mass is 434 g/mol. The van der Waals surface area contributed by atoms with E-state index in [0.717, 1.165) is 18.5 Å². The number of aliphatic carboxylic acids is 1. The maximum atomic E-state index is 13.0. The molecular weight excluding hydrogens is 404 g/mol. The number of hydrogen-bond donors (Lipinski definition) is 6. The van der Waals surface area contributed by atoms with Gasteiger partial charge in [-0.2, -0.15) is 0 Å². The molecule has 1 aromatic carbocycles. The van der Waals surface area contributed by atoms with Gasteiger partial charge in [0, 0.05) is 6.42 Å². The molecule has 5 unspecified atom stereocenters. The average Bonchev–Trinajstić information content (AvgIpc) is 3.26. The Morgan fingerprint density at radius 2 is 1.74 bits per heavy atom. The minimum Gasteiger partial charge on any atom is -0.480 e. The van der Waals surface area contributed by atoms with Gasteiger partial charge in [0.1, 0.15) is 18.1 Å². The standard InChI is InChI=1S/C21H30N4O6/c1-12(21(30)31)23-20(29)17(13(2)26)25-19(28)16(11-14-7-4-3-5-8-14)24-18(27)15-9-6-10-22-15/h3-5,7-8,12-13,15-17,22,26H,6,9-11H2,1-2H3,(H,23,29)(H,24,27)(H,25,28)(H,30,31). The molecule has 0 radical (unpaired) electrons. The SMILES string of the molecule is CC(NC(=O)C(NC(=O)C(Cc1ccccc1)NC(=O)C1CCCN1)C(C)O)C(=O)O. The predicted octanol–water partition coefficient (Wildman–Crippen LogP) is -1.08. The highest BCUT2D eigenvalue weighted by atomic mass is 16.4. The molecule has 31 heavy (non-hydrogen) atoms. The van der Waals surface area contributed by atoms with Crippen LogP contribution in [0.2, 0.25) is 0 Å². The maximum Gasteiger partial charge on any atom is 0.325 e. The van der Waals surface area contributed by atoms with E-state index in [4.69, 9.17) is 5.11 Å². The number of aliphatic hydroxyl groups excluding tert-OH is 1. The van der Waals surface area contributed by atoms with Gasteiger partial charge >= 0.3 is 5.97 Å². The number of nitrogens with one attached hydrogen (secondary N) is 4. The van der Waals surface area contributed by atoms with Gasteiger partial charge in [0.25, 0.3) is 0 Å². The molecule has 1 aliphatic heterocycles. The summed E-state index contributed by atoms with van der Waals surface area (Å²) in [6, 6.07) is 5.13. The van der Waals surface area contributed by atoms with Crippen LogP contribution in [-0.4, -0.2) is 70.7 Å². The molecule has 0 aromatic heterocycles. The molecule has 6 N–H and O–H groups in total. The summed E-state index contributed by atoms with van der Waals surface area (Å²) >= 11 is 0. The zero-order valence-corrected chi connectivity index (χ0v) is 17.6. The second-order valence-corrected chi connectivity index (χ2v) is 7.70. The minimum absolute atomic E-state index is 0.185. The van der Waals surface area contributed by atoms with Gasteiger partial charge in [-0.15, -0.1) is 0 Å². The third-order valence-electron chi connectivity index (χ3n) is 5.08. The Kier molecular flexibility index (Phi) is 8.95. The lowest BCUT2D eigenvalue weighted by atomic mass is 10.0. The van der Waals surface area contributed by atoms with E-state index in [1.54, 1.807) is 0 Å². The number of amides is 3. The fourth-order valence-electron chi connectivity index (χ4n) is 3.26. The lowest BCUT2D eigenvalue weighted by Crippen LogP contribution is -2.60. The zero-order valence-electron chi connectivity index (χ0n) is 17.6. The molecule has 0 aliphatic carbocycles. The van der Waals surface area contributed by atoms with Crippen molar-refractivity contribution in [1.29, 1.82) is 0 Å². The first kappa shape index (κ1) is 24.3. The van der Waals surface area contributed by atoms with Crippen LogP contribution in [0.1, 0.15) is 32.3 Å². The van der Waals surface area contributed by atoms with E-state index in [1.165, 1.54) is 13.8 Å². The fraction of sp³-hybridized carbons (Fsp3) is 0.524. The van der Waals surface area contributed by atoms with Gasteiger partial charge in [0.2, 0.25) is 17.7 Å². The molecule has 1 aromatic rings. The van der Waals surface area contributed by atoms with Crippen molar-refractivity contribution < 1.29 is 29.4 Å². The summed E-state index contributed by atoms with van der Waals surface area (Å²) in [5.74, 6) is -3.05. The van der Waals surface area contributed by atoms with E-state index in [0.29, 0.717) is 6.42 Å². The smallest absolute Gasteiger partial charge is 0.325 e. The predicted molar refractivity (Wildman–Crippen MR) is 112 cm³/mol. The van der Waals surface area contributed by atoms with Crippen LogP contribution in [0.4, 0.5) is 0 Å². The quantitative estimate of drug-likeness (QED) is 0.273. The highest BCUT2D eigenvalue weighted by Gasteiger charge is 2.32. The number of aliphatic hydroxyl groups is 1. The van der Waals surface area contributed by atoms with Crippen LogP contribution < -0.4 is 21.3 Å². The molecule has 1 saturated heterocycles. The molecule has 10 nitrogen and oxygen atoms in total. The molecule has 170 valence electrons. The van der Waals surface area contributed by atoms with Crippen LogP contribution in [0.5, 0.6) is 0 Å². The van der Waals surface area contributed by atoms with Gasteiger partial charge in [-0.3, -0.25) is 19.2 Å². The molecular formula is C21H30N4O6. The van der Waals surface area contributed by atoms with Crippen LogP contribution >= 0.6 is 0 Å². The first-order valence-corrected chi connectivity index (χ1v) is 10.3. The van der Waals surface area contributed by atoms with Crippen molar-refractivity contribution in [2.45, 2.75) is 63.4 Å². The molecule has 5 atom stereocenters. The molecule has 1 fully saturated rings. The minimum atomic E-state index is -1.38. The molecule has 1 aliphatic rings. The molecule has 0 bridgehead atoms. The number of benzene rings is 1. The van der Waals surface area contributed by atoms with E-state index in [-0.39, 0.29) is 12.3 Å². The van der Waals surface area contributed by atoms with Crippen LogP contribution in [0.3, 0.4) is 0 Å². The first-order valence-electron chi connectivity index (χ1n) is 10.3. The van der Waals surface area contributed by atoms with Crippen molar-refractivity contribution >= 4 is 23.7 Å². The van der Waals surface area contributed by atoms with Gasteiger partial charge < -0.3 is 31.5 Å². The van der Waals surface area contributed by atoms with E-state index >= 15 is 0 Å². The molecule has 2 rings (SSSR count). The molecule has 10 heteroatoms. The number of carbonyl (C=O) groups excluding carboxylic acids is 3. The highest BCUT2D eigenvalue weighted by molar-refractivity contribution is 5.94. The Hall–Kier alpha value is -2.98. The summed E-state index contributed by atoms with van der Waals surface area (Å²) in [6.07, 6.45) is 0.427. The second-order valence-electron chi connectivity index (χ2n) is 7.70. The highest BCUT2D eigenvalue weighted by Crippen LogP contribution is 2.08. The maximum absolute atomic E-state index is 13.0. The van der Waals surface area contributed by atoms with E-state index in [2.05, 4.69) is 21.3 Å².